The molecule has 0 aromatic heterocycles. The Kier molecular flexibility index (Phi) is 3.96. The Hall–Kier alpha value is -1.24. The van der Waals surface area contributed by atoms with E-state index in [-0.39, 0.29) is 0 Å². The number of benzene rings is 1. The smallest absolute Gasteiger partial charge is 0.0376 e. The molecule has 0 amide bonds. The fourth-order valence-electron chi connectivity index (χ4n) is 2.00. The van der Waals surface area contributed by atoms with Crippen LogP contribution in [0.4, 0.5) is 5.69 Å². The molecule has 0 saturated carbocycles. The van der Waals surface area contributed by atoms with Gasteiger partial charge in [-0.05, 0) is 45.4 Å². The predicted octanol–water partition coefficient (Wildman–Crippen LogP) is 3.95. The van der Waals surface area contributed by atoms with Crippen LogP contribution in [0.15, 0.2) is 30.8 Å². The van der Waals surface area contributed by atoms with Crippen molar-refractivity contribution in [1.29, 1.82) is 0 Å². The van der Waals surface area contributed by atoms with E-state index in [1.807, 2.05) is 6.08 Å². The van der Waals surface area contributed by atoms with E-state index >= 15 is 0 Å². The second kappa shape index (κ2) is 5.01. The molecule has 1 heteroatoms. The highest BCUT2D eigenvalue weighted by atomic mass is 15.2. The molecule has 0 N–H and O–H groups in total. The summed E-state index contributed by atoms with van der Waals surface area (Å²) in [4.78, 5) is 2.41. The van der Waals surface area contributed by atoms with E-state index in [1.165, 1.54) is 11.3 Å². The third-order valence-corrected chi connectivity index (χ3v) is 2.52. The van der Waals surface area contributed by atoms with Crippen LogP contribution in [-0.4, -0.2) is 12.1 Å². The molecule has 0 aliphatic rings. The number of hydrogen-bond donors (Lipinski definition) is 0. The Labute approximate surface area is 93.4 Å². The summed E-state index contributed by atoms with van der Waals surface area (Å²) in [5.41, 5.74) is 2.45. The summed E-state index contributed by atoms with van der Waals surface area (Å²) in [7, 11) is 0. The zero-order valence-electron chi connectivity index (χ0n) is 10.2. The van der Waals surface area contributed by atoms with Gasteiger partial charge in [0.2, 0.25) is 0 Å². The second-order valence-corrected chi connectivity index (χ2v) is 4.39. The summed E-state index contributed by atoms with van der Waals surface area (Å²) in [6, 6.07) is 9.55. The van der Waals surface area contributed by atoms with E-state index in [9.17, 15) is 0 Å². The van der Waals surface area contributed by atoms with Crippen LogP contribution < -0.4 is 4.90 Å². The summed E-state index contributed by atoms with van der Waals surface area (Å²) < 4.78 is 0. The Bertz CT molecular complexity index is 318. The Morgan fingerprint density at radius 1 is 1.13 bits per heavy atom. The molecular formula is C14H21N. The van der Waals surface area contributed by atoms with Gasteiger partial charge in [0.25, 0.3) is 0 Å². The second-order valence-electron chi connectivity index (χ2n) is 4.39. The molecule has 1 rings (SSSR count). The van der Waals surface area contributed by atoms with Gasteiger partial charge in [0, 0.05) is 17.8 Å². The first kappa shape index (κ1) is 11.8. The summed E-state index contributed by atoms with van der Waals surface area (Å²) in [6.45, 7) is 12.7. The van der Waals surface area contributed by atoms with Gasteiger partial charge in [-0.1, -0.05) is 24.8 Å². The molecule has 1 aromatic carbocycles. The predicted molar refractivity (Wildman–Crippen MR) is 69.3 cm³/mol. The summed E-state index contributed by atoms with van der Waals surface area (Å²) in [5, 5.41) is 0. The minimum atomic E-state index is 0.519. The monoisotopic (exact) mass is 203 g/mol. The van der Waals surface area contributed by atoms with Crippen molar-refractivity contribution < 1.29 is 0 Å². The molecule has 0 saturated heterocycles. The van der Waals surface area contributed by atoms with Crippen LogP contribution in [0.3, 0.4) is 0 Å². The van der Waals surface area contributed by atoms with Gasteiger partial charge in [0.15, 0.2) is 0 Å². The minimum Gasteiger partial charge on any atom is -0.367 e. The normalized spacial score (nSPS) is 10.8. The molecule has 0 aliphatic heterocycles. The van der Waals surface area contributed by atoms with Crippen molar-refractivity contribution in [3.05, 3.63) is 36.4 Å². The van der Waals surface area contributed by atoms with Crippen LogP contribution in [0, 0.1) is 0 Å². The first-order valence-corrected chi connectivity index (χ1v) is 5.57. The van der Waals surface area contributed by atoms with Gasteiger partial charge < -0.3 is 4.90 Å². The van der Waals surface area contributed by atoms with Crippen molar-refractivity contribution in [3.63, 3.8) is 0 Å². The number of anilines is 1. The van der Waals surface area contributed by atoms with Gasteiger partial charge in [-0.25, -0.2) is 0 Å². The van der Waals surface area contributed by atoms with Crippen molar-refractivity contribution in [2.24, 2.45) is 0 Å². The quantitative estimate of drug-likeness (QED) is 0.716. The molecule has 0 spiro atoms. The van der Waals surface area contributed by atoms with Crippen LogP contribution in [-0.2, 0) is 0 Å². The third kappa shape index (κ3) is 2.85. The van der Waals surface area contributed by atoms with E-state index in [0.29, 0.717) is 12.1 Å². The lowest BCUT2D eigenvalue weighted by Crippen LogP contribution is -2.36. The maximum Gasteiger partial charge on any atom is 0.0376 e. The maximum atomic E-state index is 3.80. The highest BCUT2D eigenvalue weighted by molar-refractivity contribution is 5.58. The van der Waals surface area contributed by atoms with Crippen molar-refractivity contribution in [2.45, 2.75) is 39.8 Å². The zero-order chi connectivity index (χ0) is 11.4. The van der Waals surface area contributed by atoms with Crippen LogP contribution in [0.5, 0.6) is 0 Å². The molecule has 15 heavy (non-hydrogen) atoms. The molecule has 0 atom stereocenters. The van der Waals surface area contributed by atoms with Crippen LogP contribution in [0.1, 0.15) is 33.3 Å². The maximum absolute atomic E-state index is 3.80. The van der Waals surface area contributed by atoms with Crippen LogP contribution in [0.25, 0.3) is 6.08 Å². The minimum absolute atomic E-state index is 0.519. The molecule has 1 aromatic rings. The van der Waals surface area contributed by atoms with E-state index < -0.39 is 0 Å². The Balaban J connectivity index is 3.05. The van der Waals surface area contributed by atoms with Gasteiger partial charge in [0.05, 0.1) is 0 Å². The summed E-state index contributed by atoms with van der Waals surface area (Å²) in [5.74, 6) is 0. The fraction of sp³-hybridized carbons (Fsp3) is 0.429. The number of hydrogen-bond acceptors (Lipinski definition) is 1. The Morgan fingerprint density at radius 3 is 2.20 bits per heavy atom. The SMILES string of the molecule is C=Cc1cccc(N(C(C)C)C(C)C)c1. The van der Waals surface area contributed by atoms with Crippen LogP contribution in [0.2, 0.25) is 0 Å². The highest BCUT2D eigenvalue weighted by Crippen LogP contribution is 2.21. The van der Waals surface area contributed by atoms with Gasteiger partial charge in [-0.3, -0.25) is 0 Å². The van der Waals surface area contributed by atoms with Crippen LogP contribution >= 0.6 is 0 Å². The highest BCUT2D eigenvalue weighted by Gasteiger charge is 2.13. The van der Waals surface area contributed by atoms with Crippen molar-refractivity contribution >= 4 is 11.8 Å². The van der Waals surface area contributed by atoms with Crippen molar-refractivity contribution in [3.8, 4) is 0 Å². The Morgan fingerprint density at radius 2 is 1.73 bits per heavy atom. The largest absolute Gasteiger partial charge is 0.367 e. The lowest BCUT2D eigenvalue weighted by atomic mass is 10.1. The first-order valence-electron chi connectivity index (χ1n) is 5.57. The van der Waals surface area contributed by atoms with E-state index in [1.54, 1.807) is 0 Å². The number of rotatable bonds is 4. The molecule has 0 bridgehead atoms. The lowest BCUT2D eigenvalue weighted by molar-refractivity contribution is 0.608. The first-order chi connectivity index (χ1) is 7.06. The molecule has 0 heterocycles. The van der Waals surface area contributed by atoms with E-state index in [2.05, 4.69) is 63.4 Å². The zero-order valence-corrected chi connectivity index (χ0v) is 10.2. The number of nitrogens with zero attached hydrogens (tertiary/aromatic N) is 1. The average molecular weight is 203 g/mol. The summed E-state index contributed by atoms with van der Waals surface area (Å²) >= 11 is 0. The van der Waals surface area contributed by atoms with Gasteiger partial charge in [-0.15, -0.1) is 0 Å². The fourth-order valence-corrected chi connectivity index (χ4v) is 2.00. The van der Waals surface area contributed by atoms with E-state index in [0.717, 1.165) is 0 Å². The molecule has 0 radical (unpaired) electrons. The standard InChI is InChI=1S/C14H21N/c1-6-13-8-7-9-14(10-13)15(11(2)3)12(4)5/h6-12H,1H2,2-5H3. The van der Waals surface area contributed by atoms with Gasteiger partial charge >= 0.3 is 0 Å². The third-order valence-electron chi connectivity index (χ3n) is 2.52. The average Bonchev–Trinajstić information content (AvgIpc) is 2.17. The molecular weight excluding hydrogens is 182 g/mol. The van der Waals surface area contributed by atoms with Crippen molar-refractivity contribution in [2.75, 3.05) is 4.90 Å². The lowest BCUT2D eigenvalue weighted by Gasteiger charge is -2.33. The molecule has 82 valence electrons. The van der Waals surface area contributed by atoms with Gasteiger partial charge in [-0.2, -0.15) is 0 Å². The molecule has 1 nitrogen and oxygen atoms in total. The van der Waals surface area contributed by atoms with Crippen molar-refractivity contribution in [1.82, 2.24) is 0 Å². The summed E-state index contributed by atoms with van der Waals surface area (Å²) in [6.07, 6.45) is 1.89. The molecule has 0 unspecified atom stereocenters. The topological polar surface area (TPSA) is 3.24 Å². The van der Waals surface area contributed by atoms with E-state index in [4.69, 9.17) is 0 Å². The molecule has 0 fully saturated rings. The molecule has 0 aliphatic carbocycles. The van der Waals surface area contributed by atoms with Gasteiger partial charge in [0.1, 0.15) is 0 Å².